The number of carbonyl (C=O) groups excluding carboxylic acids is 1. The third-order valence-corrected chi connectivity index (χ3v) is 7.08. The summed E-state index contributed by atoms with van der Waals surface area (Å²) in [4.78, 5) is 13.9. The van der Waals surface area contributed by atoms with Crippen LogP contribution in [-0.4, -0.2) is 28.0 Å². The van der Waals surface area contributed by atoms with Gasteiger partial charge in [0.05, 0.1) is 29.2 Å². The molecule has 0 saturated carbocycles. The fourth-order valence-electron chi connectivity index (χ4n) is 4.81. The Labute approximate surface area is 246 Å². The number of benzene rings is 4. The van der Waals surface area contributed by atoms with E-state index in [0.29, 0.717) is 29.5 Å². The molecule has 0 atom stereocenters. The maximum absolute atomic E-state index is 13.9. The highest BCUT2D eigenvalue weighted by Crippen LogP contribution is 2.32. The molecule has 0 N–H and O–H groups in total. The molecular formula is C36H32N4O2. The summed E-state index contributed by atoms with van der Waals surface area (Å²) in [7, 11) is 0. The largest absolute Gasteiger partial charge is 0.494 e. The van der Waals surface area contributed by atoms with Gasteiger partial charge in [0.2, 0.25) is 0 Å². The van der Waals surface area contributed by atoms with Crippen LogP contribution in [0.15, 0.2) is 132 Å². The summed E-state index contributed by atoms with van der Waals surface area (Å²) in [6.45, 7) is 5.06. The third kappa shape index (κ3) is 5.79. The molecule has 1 aliphatic heterocycles. The van der Waals surface area contributed by atoms with Crippen LogP contribution in [0.5, 0.6) is 5.75 Å². The first-order valence-electron chi connectivity index (χ1n) is 14.2. The van der Waals surface area contributed by atoms with Crippen molar-refractivity contribution in [2.45, 2.75) is 20.3 Å². The van der Waals surface area contributed by atoms with Crippen LogP contribution in [0.4, 0.5) is 5.69 Å². The Morgan fingerprint density at radius 2 is 1.38 bits per heavy atom. The number of aromatic nitrogens is 2. The van der Waals surface area contributed by atoms with Crippen LogP contribution in [0.3, 0.4) is 0 Å². The normalized spacial score (nSPS) is 14.1. The van der Waals surface area contributed by atoms with Crippen molar-refractivity contribution in [2.24, 2.45) is 11.0 Å². The highest BCUT2D eigenvalue weighted by molar-refractivity contribution is 6.37. The SMILES string of the molecule is CC(C)CCOc1ccc(-c2nn(-c3ccccc3)cc2/C=C2/C(=O)N(c3ccccc3)N=C2c2ccccc2)cc1. The van der Waals surface area contributed by atoms with Crippen molar-refractivity contribution in [1.29, 1.82) is 0 Å². The molecule has 5 aromatic rings. The summed E-state index contributed by atoms with van der Waals surface area (Å²) in [6.07, 6.45) is 4.87. The van der Waals surface area contributed by atoms with Gasteiger partial charge in [-0.2, -0.15) is 15.2 Å². The van der Waals surface area contributed by atoms with Gasteiger partial charge in [0.15, 0.2) is 0 Å². The van der Waals surface area contributed by atoms with Crippen molar-refractivity contribution in [3.63, 3.8) is 0 Å². The fraction of sp³-hybridized carbons (Fsp3) is 0.139. The Balaban J connectivity index is 1.43. The molecule has 0 unspecified atom stereocenters. The maximum Gasteiger partial charge on any atom is 0.281 e. The number of hydrogen-bond donors (Lipinski definition) is 0. The molecule has 6 rings (SSSR count). The van der Waals surface area contributed by atoms with Crippen LogP contribution in [-0.2, 0) is 4.79 Å². The van der Waals surface area contributed by atoms with Gasteiger partial charge in [-0.05, 0) is 66.9 Å². The summed E-state index contributed by atoms with van der Waals surface area (Å²) < 4.78 is 7.80. The first-order chi connectivity index (χ1) is 20.6. The van der Waals surface area contributed by atoms with E-state index in [2.05, 4.69) is 13.8 Å². The molecule has 42 heavy (non-hydrogen) atoms. The predicted octanol–water partition coefficient (Wildman–Crippen LogP) is 7.80. The second-order valence-corrected chi connectivity index (χ2v) is 10.6. The zero-order valence-corrected chi connectivity index (χ0v) is 23.7. The zero-order chi connectivity index (χ0) is 28.9. The van der Waals surface area contributed by atoms with Gasteiger partial charge in [0.1, 0.15) is 11.5 Å². The average Bonchev–Trinajstić information content (AvgIpc) is 3.60. The number of rotatable bonds is 9. The summed E-state index contributed by atoms with van der Waals surface area (Å²) >= 11 is 0. The molecule has 4 aromatic carbocycles. The Morgan fingerprint density at radius 1 is 0.762 bits per heavy atom. The van der Waals surface area contributed by atoms with Crippen LogP contribution in [0, 0.1) is 5.92 Å². The molecule has 2 heterocycles. The molecule has 0 spiro atoms. The standard InChI is InChI=1S/C36H32N4O2/c1-26(2)22-23-42-32-20-18-28(19-21-32)34-29(25-39(37-34)30-14-8-4-9-15-30)24-33-35(27-12-6-3-7-13-27)38-40(36(33)41)31-16-10-5-11-17-31/h3-21,24-26H,22-23H2,1-2H3/b33-24+. The van der Waals surface area contributed by atoms with Crippen LogP contribution >= 0.6 is 0 Å². The van der Waals surface area contributed by atoms with Gasteiger partial charge in [-0.25, -0.2) is 4.68 Å². The van der Waals surface area contributed by atoms with Crippen molar-refractivity contribution in [1.82, 2.24) is 9.78 Å². The van der Waals surface area contributed by atoms with Crippen molar-refractivity contribution >= 4 is 23.4 Å². The van der Waals surface area contributed by atoms with Gasteiger partial charge in [-0.1, -0.05) is 80.6 Å². The zero-order valence-electron chi connectivity index (χ0n) is 23.7. The number of amides is 1. The molecule has 0 aliphatic carbocycles. The minimum absolute atomic E-state index is 0.188. The van der Waals surface area contributed by atoms with Crippen molar-refractivity contribution < 1.29 is 9.53 Å². The number of hydrogen-bond acceptors (Lipinski definition) is 4. The Bertz CT molecular complexity index is 1720. The van der Waals surface area contributed by atoms with Gasteiger partial charge in [0.25, 0.3) is 5.91 Å². The van der Waals surface area contributed by atoms with Gasteiger partial charge in [-0.3, -0.25) is 4.79 Å². The molecule has 1 amide bonds. The van der Waals surface area contributed by atoms with E-state index in [-0.39, 0.29) is 5.91 Å². The van der Waals surface area contributed by atoms with Crippen molar-refractivity contribution in [2.75, 3.05) is 11.6 Å². The average molecular weight is 553 g/mol. The minimum atomic E-state index is -0.188. The highest BCUT2D eigenvalue weighted by atomic mass is 16.5. The lowest BCUT2D eigenvalue weighted by atomic mass is 9.99. The van der Waals surface area contributed by atoms with E-state index in [9.17, 15) is 4.79 Å². The van der Waals surface area contributed by atoms with E-state index in [0.717, 1.165) is 40.2 Å². The quantitative estimate of drug-likeness (QED) is 0.175. The van der Waals surface area contributed by atoms with E-state index in [1.807, 2.05) is 132 Å². The van der Waals surface area contributed by atoms with E-state index in [1.165, 1.54) is 5.01 Å². The van der Waals surface area contributed by atoms with Crippen molar-refractivity contribution in [3.8, 4) is 22.7 Å². The predicted molar refractivity (Wildman–Crippen MR) is 169 cm³/mol. The maximum atomic E-state index is 13.9. The molecule has 1 aliphatic rings. The first kappa shape index (κ1) is 27.0. The van der Waals surface area contributed by atoms with Gasteiger partial charge in [0, 0.05) is 22.9 Å². The third-order valence-electron chi connectivity index (χ3n) is 7.08. The van der Waals surface area contributed by atoms with Gasteiger partial charge >= 0.3 is 0 Å². The topological polar surface area (TPSA) is 59.7 Å². The lowest BCUT2D eigenvalue weighted by Gasteiger charge is -2.11. The van der Waals surface area contributed by atoms with E-state index in [4.69, 9.17) is 14.9 Å². The van der Waals surface area contributed by atoms with Crippen molar-refractivity contribution in [3.05, 3.63) is 138 Å². The van der Waals surface area contributed by atoms with Gasteiger partial charge in [-0.15, -0.1) is 0 Å². The molecule has 0 saturated heterocycles. The van der Waals surface area contributed by atoms with Crippen LogP contribution < -0.4 is 9.75 Å². The minimum Gasteiger partial charge on any atom is -0.494 e. The lowest BCUT2D eigenvalue weighted by molar-refractivity contribution is -0.114. The molecular weight excluding hydrogens is 520 g/mol. The molecule has 0 fully saturated rings. The molecule has 208 valence electrons. The summed E-state index contributed by atoms with van der Waals surface area (Å²) in [5.41, 5.74) is 6.15. The Hall–Kier alpha value is -5.23. The summed E-state index contributed by atoms with van der Waals surface area (Å²) in [6, 6.07) is 37.3. The van der Waals surface area contributed by atoms with Crippen LogP contribution in [0.25, 0.3) is 23.0 Å². The summed E-state index contributed by atoms with van der Waals surface area (Å²) in [5.74, 6) is 1.22. The second-order valence-electron chi connectivity index (χ2n) is 10.6. The van der Waals surface area contributed by atoms with E-state index in [1.54, 1.807) is 0 Å². The number of nitrogens with zero attached hydrogens (tertiary/aromatic N) is 4. The molecule has 0 bridgehead atoms. The molecule has 0 radical (unpaired) electrons. The number of para-hydroxylation sites is 2. The molecule has 1 aromatic heterocycles. The van der Waals surface area contributed by atoms with Crippen LogP contribution in [0.2, 0.25) is 0 Å². The first-order valence-corrected chi connectivity index (χ1v) is 14.2. The van der Waals surface area contributed by atoms with E-state index < -0.39 is 0 Å². The number of ether oxygens (including phenoxy) is 1. The smallest absolute Gasteiger partial charge is 0.281 e. The fourth-order valence-corrected chi connectivity index (χ4v) is 4.81. The molecule has 6 heteroatoms. The van der Waals surface area contributed by atoms with Gasteiger partial charge < -0.3 is 4.74 Å². The van der Waals surface area contributed by atoms with E-state index >= 15 is 0 Å². The highest BCUT2D eigenvalue weighted by Gasteiger charge is 2.32. The monoisotopic (exact) mass is 552 g/mol. The van der Waals surface area contributed by atoms with Crippen LogP contribution in [0.1, 0.15) is 31.4 Å². The second kappa shape index (κ2) is 12.1. The number of hydrazone groups is 1. The summed E-state index contributed by atoms with van der Waals surface area (Å²) in [5, 5.41) is 11.2. The number of anilines is 1. The molecule has 6 nitrogen and oxygen atoms in total. The number of carbonyl (C=O) groups is 1. The Kier molecular flexibility index (Phi) is 7.77. The lowest BCUT2D eigenvalue weighted by Crippen LogP contribution is -2.21. The Morgan fingerprint density at radius 3 is 2.02 bits per heavy atom.